The summed E-state index contributed by atoms with van der Waals surface area (Å²) < 4.78 is 7.55. The third-order valence-electron chi connectivity index (χ3n) is 3.66. The van der Waals surface area contributed by atoms with Gasteiger partial charge in [-0.15, -0.1) is 0 Å². The Kier molecular flexibility index (Phi) is 8.95. The predicted molar refractivity (Wildman–Crippen MR) is 93.9 cm³/mol. The first-order valence-electron chi connectivity index (χ1n) is 8.74. The van der Waals surface area contributed by atoms with Crippen molar-refractivity contribution in [2.45, 2.75) is 66.2 Å². The van der Waals surface area contributed by atoms with Crippen LogP contribution in [0.5, 0.6) is 5.75 Å². The lowest BCUT2D eigenvalue weighted by atomic mass is 10.2. The molecule has 0 aliphatic rings. The van der Waals surface area contributed by atoms with Crippen molar-refractivity contribution in [1.29, 1.82) is 0 Å². The monoisotopic (exact) mass is 324 g/mol. The molecule has 0 aliphatic heterocycles. The minimum atomic E-state index is -0.303. The number of pyridine rings is 1. The van der Waals surface area contributed by atoms with Crippen molar-refractivity contribution in [1.82, 2.24) is 9.47 Å². The summed E-state index contributed by atoms with van der Waals surface area (Å²) in [5.41, 5.74) is 0.655. The second kappa shape index (κ2) is 10.4. The van der Waals surface area contributed by atoms with Crippen LogP contribution in [0, 0.1) is 0 Å². The molecule has 1 aromatic heterocycles. The molecule has 0 atom stereocenters. The molecule has 0 spiro atoms. The Balaban J connectivity index is 2.82. The summed E-state index contributed by atoms with van der Waals surface area (Å²) in [5, 5.41) is 9.73. The molecular weight excluding hydrogens is 292 g/mol. The Morgan fingerprint density at radius 1 is 1.26 bits per heavy atom. The van der Waals surface area contributed by atoms with E-state index in [4.69, 9.17) is 4.74 Å². The number of hydrogen-bond acceptors (Lipinski definition) is 4. The molecule has 5 heteroatoms. The third-order valence-corrected chi connectivity index (χ3v) is 3.66. The van der Waals surface area contributed by atoms with Crippen LogP contribution in [0.2, 0.25) is 0 Å². The maximum Gasteiger partial charge on any atom is 0.223 e. The lowest BCUT2D eigenvalue weighted by molar-refractivity contribution is 0.0745. The van der Waals surface area contributed by atoms with Gasteiger partial charge in [-0.25, -0.2) is 0 Å². The molecular formula is C18H32N2O3. The normalized spacial score (nSPS) is 11.6. The van der Waals surface area contributed by atoms with Gasteiger partial charge in [-0.2, -0.15) is 0 Å². The molecule has 0 aliphatic carbocycles. The van der Waals surface area contributed by atoms with Crippen LogP contribution in [0.4, 0.5) is 0 Å². The highest BCUT2D eigenvalue weighted by Gasteiger charge is 2.10. The van der Waals surface area contributed by atoms with Crippen molar-refractivity contribution in [3.05, 3.63) is 28.2 Å². The van der Waals surface area contributed by atoms with E-state index in [1.165, 1.54) is 0 Å². The van der Waals surface area contributed by atoms with Gasteiger partial charge in [-0.1, -0.05) is 13.8 Å². The zero-order chi connectivity index (χ0) is 17.2. The fraction of sp³-hybridized carbons (Fsp3) is 0.722. The van der Waals surface area contributed by atoms with Crippen LogP contribution < -0.4 is 5.43 Å². The van der Waals surface area contributed by atoms with Crippen LogP contribution in [0.25, 0.3) is 0 Å². The zero-order valence-electron chi connectivity index (χ0n) is 15.0. The van der Waals surface area contributed by atoms with Crippen molar-refractivity contribution < 1.29 is 9.84 Å². The molecule has 1 aromatic rings. The van der Waals surface area contributed by atoms with Gasteiger partial charge in [0.25, 0.3) is 0 Å². The number of ether oxygens (including phenoxy) is 1. The number of aryl methyl sites for hydroxylation is 1. The first kappa shape index (κ1) is 19.7. The Morgan fingerprint density at radius 2 is 1.91 bits per heavy atom. The molecule has 0 bridgehead atoms. The smallest absolute Gasteiger partial charge is 0.223 e. The second-order valence-corrected chi connectivity index (χ2v) is 6.26. The summed E-state index contributed by atoms with van der Waals surface area (Å²) in [6, 6.07) is 1.57. The molecule has 0 aromatic carbocycles. The minimum Gasteiger partial charge on any atom is -0.503 e. The lowest BCUT2D eigenvalue weighted by Gasteiger charge is -2.23. The highest BCUT2D eigenvalue weighted by atomic mass is 16.5. The molecule has 5 nitrogen and oxygen atoms in total. The fourth-order valence-electron chi connectivity index (χ4n) is 2.63. The van der Waals surface area contributed by atoms with E-state index in [0.717, 1.165) is 51.1 Å². The third kappa shape index (κ3) is 7.18. The van der Waals surface area contributed by atoms with Crippen LogP contribution in [-0.2, 0) is 17.8 Å². The van der Waals surface area contributed by atoms with Crippen LogP contribution in [-0.4, -0.2) is 40.4 Å². The fourth-order valence-corrected chi connectivity index (χ4v) is 2.63. The zero-order valence-corrected chi connectivity index (χ0v) is 15.0. The van der Waals surface area contributed by atoms with Gasteiger partial charge in [0, 0.05) is 31.5 Å². The summed E-state index contributed by atoms with van der Waals surface area (Å²) >= 11 is 0. The van der Waals surface area contributed by atoms with Crippen molar-refractivity contribution in [3.63, 3.8) is 0 Å². The summed E-state index contributed by atoms with van der Waals surface area (Å²) in [6.45, 7) is 12.5. The van der Waals surface area contributed by atoms with Gasteiger partial charge in [0.2, 0.25) is 5.43 Å². The van der Waals surface area contributed by atoms with E-state index in [1.807, 2.05) is 18.4 Å². The van der Waals surface area contributed by atoms with E-state index in [0.29, 0.717) is 6.61 Å². The van der Waals surface area contributed by atoms with Gasteiger partial charge in [-0.05, 0) is 46.2 Å². The Bertz CT molecular complexity index is 505. The molecule has 23 heavy (non-hydrogen) atoms. The Labute approximate surface area is 139 Å². The molecule has 0 fully saturated rings. The highest BCUT2D eigenvalue weighted by Crippen LogP contribution is 2.10. The van der Waals surface area contributed by atoms with Gasteiger partial charge >= 0.3 is 0 Å². The number of rotatable bonds is 11. The second-order valence-electron chi connectivity index (χ2n) is 6.26. The van der Waals surface area contributed by atoms with Gasteiger partial charge < -0.3 is 14.4 Å². The average Bonchev–Trinajstić information content (AvgIpc) is 2.48. The topological polar surface area (TPSA) is 54.7 Å². The molecule has 1 N–H and O–H groups in total. The first-order valence-corrected chi connectivity index (χ1v) is 8.74. The van der Waals surface area contributed by atoms with Gasteiger partial charge in [0.15, 0.2) is 5.75 Å². The highest BCUT2D eigenvalue weighted by molar-refractivity contribution is 5.20. The summed E-state index contributed by atoms with van der Waals surface area (Å²) in [6.07, 6.45) is 4.81. The molecule has 1 rings (SSSR count). The Morgan fingerprint density at radius 3 is 2.48 bits per heavy atom. The summed E-state index contributed by atoms with van der Waals surface area (Å²) in [5.74, 6) is -0.184. The molecule has 132 valence electrons. The van der Waals surface area contributed by atoms with E-state index < -0.39 is 0 Å². The standard InChI is InChI=1S/C18H32N2O3/c1-5-8-19(9-6-2)13-16-12-17(21)18(22)14-20(16)10-7-11-23-15(3)4/h12,14-15,22H,5-11,13H2,1-4H3. The molecule has 0 unspecified atom stereocenters. The SMILES string of the molecule is CCCN(CCC)Cc1cc(=O)c(O)cn1CCCOC(C)C. The van der Waals surface area contributed by atoms with Crippen LogP contribution in [0.3, 0.4) is 0 Å². The van der Waals surface area contributed by atoms with Crippen LogP contribution in [0.15, 0.2) is 17.1 Å². The van der Waals surface area contributed by atoms with Crippen LogP contribution in [0.1, 0.15) is 52.7 Å². The average molecular weight is 324 g/mol. The summed E-state index contributed by atoms with van der Waals surface area (Å²) in [4.78, 5) is 14.2. The quantitative estimate of drug-likeness (QED) is 0.636. The minimum absolute atomic E-state index is 0.184. The van der Waals surface area contributed by atoms with Gasteiger partial charge in [0.05, 0.1) is 12.3 Å². The van der Waals surface area contributed by atoms with Crippen molar-refractivity contribution >= 4 is 0 Å². The maximum atomic E-state index is 11.8. The number of aromatic nitrogens is 1. The summed E-state index contributed by atoms with van der Waals surface area (Å²) in [7, 11) is 0. The van der Waals surface area contributed by atoms with E-state index in [-0.39, 0.29) is 17.3 Å². The van der Waals surface area contributed by atoms with Gasteiger partial charge in [-0.3, -0.25) is 9.69 Å². The van der Waals surface area contributed by atoms with E-state index in [2.05, 4.69) is 18.7 Å². The lowest BCUT2D eigenvalue weighted by Crippen LogP contribution is -2.28. The number of hydrogen-bond donors (Lipinski definition) is 1. The Hall–Kier alpha value is -1.33. The van der Waals surface area contributed by atoms with Gasteiger partial charge in [0.1, 0.15) is 0 Å². The van der Waals surface area contributed by atoms with E-state index in [1.54, 1.807) is 12.3 Å². The molecule has 0 radical (unpaired) electrons. The van der Waals surface area contributed by atoms with E-state index >= 15 is 0 Å². The van der Waals surface area contributed by atoms with Crippen molar-refractivity contribution in [2.24, 2.45) is 0 Å². The molecule has 0 saturated heterocycles. The largest absolute Gasteiger partial charge is 0.503 e. The van der Waals surface area contributed by atoms with Crippen molar-refractivity contribution in [3.8, 4) is 5.75 Å². The first-order chi connectivity index (χ1) is 11.0. The predicted octanol–water partition coefficient (Wildman–Crippen LogP) is 2.99. The molecule has 0 amide bonds. The number of aromatic hydroxyl groups is 1. The number of nitrogens with zero attached hydrogens (tertiary/aromatic N) is 2. The van der Waals surface area contributed by atoms with E-state index in [9.17, 15) is 9.90 Å². The molecule has 1 heterocycles. The molecule has 0 saturated carbocycles. The maximum absolute atomic E-state index is 11.8. The van der Waals surface area contributed by atoms with Crippen molar-refractivity contribution in [2.75, 3.05) is 19.7 Å². The van der Waals surface area contributed by atoms with Crippen LogP contribution >= 0.6 is 0 Å².